The largest absolute Gasteiger partial charge is 0.358 e. The summed E-state index contributed by atoms with van der Waals surface area (Å²) in [6.45, 7) is 0. The predicted octanol–water partition coefficient (Wildman–Crippen LogP) is 3.34. The van der Waals surface area contributed by atoms with Crippen molar-refractivity contribution in [2.24, 2.45) is 5.73 Å². The molecule has 3 N–H and O–H groups in total. The molecule has 0 aliphatic heterocycles. The van der Waals surface area contributed by atoms with Crippen molar-refractivity contribution in [1.82, 2.24) is 4.98 Å². The molecule has 1 aromatic carbocycles. The van der Waals surface area contributed by atoms with Crippen molar-refractivity contribution in [3.8, 4) is 0 Å². The normalized spacial score (nSPS) is 23.9. The maximum Gasteiger partial charge on any atom is 0.0457 e. The molecule has 2 saturated carbocycles. The van der Waals surface area contributed by atoms with Gasteiger partial charge in [-0.3, -0.25) is 0 Å². The lowest BCUT2D eigenvalue weighted by Gasteiger charge is -2.21. The van der Waals surface area contributed by atoms with Crippen LogP contribution in [0.15, 0.2) is 24.3 Å². The van der Waals surface area contributed by atoms with E-state index >= 15 is 0 Å². The van der Waals surface area contributed by atoms with Crippen LogP contribution in [-0.2, 0) is 5.41 Å². The zero-order chi connectivity index (χ0) is 11.7. The number of nitrogens with two attached hydrogens (primary N) is 1. The molecule has 4 rings (SSSR count). The van der Waals surface area contributed by atoms with Crippen LogP contribution in [0, 0.1) is 0 Å². The highest BCUT2D eigenvalue weighted by atomic mass is 35.5. The number of aromatic amines is 1. The number of nitrogens with one attached hydrogen (secondary N) is 1. The lowest BCUT2D eigenvalue weighted by molar-refractivity contribution is 0.494. The van der Waals surface area contributed by atoms with E-state index in [1.165, 1.54) is 42.3 Å². The summed E-state index contributed by atoms with van der Waals surface area (Å²) in [5, 5.41) is 1.99. The third-order valence-electron chi connectivity index (χ3n) is 4.59. The minimum Gasteiger partial charge on any atom is -0.358 e. The Bertz CT molecular complexity index is 606. The number of hydrogen-bond acceptors (Lipinski definition) is 1. The lowest BCUT2D eigenvalue weighted by atomic mass is 9.91. The van der Waals surface area contributed by atoms with Gasteiger partial charge in [-0.25, -0.2) is 0 Å². The molecule has 0 unspecified atom stereocenters. The van der Waals surface area contributed by atoms with Crippen molar-refractivity contribution >= 4 is 22.5 Å². The highest BCUT2D eigenvalue weighted by molar-refractivity contribution is 6.31. The zero-order valence-corrected chi connectivity index (χ0v) is 10.3. The van der Waals surface area contributed by atoms with Crippen molar-refractivity contribution < 1.29 is 0 Å². The molecule has 3 heteroatoms. The van der Waals surface area contributed by atoms with E-state index in [1.807, 2.05) is 18.2 Å². The fraction of sp³-hybridized carbons (Fsp3) is 0.429. The molecular formula is C14H15ClN2. The Morgan fingerprint density at radius 2 is 1.88 bits per heavy atom. The highest BCUT2D eigenvalue weighted by Crippen LogP contribution is 2.63. The number of H-pyrrole nitrogens is 1. The van der Waals surface area contributed by atoms with Gasteiger partial charge < -0.3 is 10.7 Å². The topological polar surface area (TPSA) is 41.8 Å². The first-order chi connectivity index (χ1) is 8.13. The summed E-state index contributed by atoms with van der Waals surface area (Å²) in [7, 11) is 0. The average Bonchev–Trinajstić information content (AvgIpc) is 3.19. The van der Waals surface area contributed by atoms with Crippen molar-refractivity contribution in [1.29, 1.82) is 0 Å². The van der Waals surface area contributed by atoms with Gasteiger partial charge in [0, 0.05) is 32.6 Å². The SMILES string of the molecule is NC1(C2(c3cc4cc(Cl)ccc4[nH]3)CC2)CC1. The van der Waals surface area contributed by atoms with Crippen LogP contribution in [0.1, 0.15) is 31.4 Å². The molecule has 0 amide bonds. The number of aromatic nitrogens is 1. The van der Waals surface area contributed by atoms with E-state index in [4.69, 9.17) is 17.3 Å². The van der Waals surface area contributed by atoms with Crippen LogP contribution in [0.3, 0.4) is 0 Å². The molecule has 0 saturated heterocycles. The fourth-order valence-corrected chi connectivity index (χ4v) is 3.32. The minimum absolute atomic E-state index is 0.0671. The Labute approximate surface area is 105 Å². The summed E-state index contributed by atoms with van der Waals surface area (Å²) in [6.07, 6.45) is 4.79. The number of benzene rings is 1. The summed E-state index contributed by atoms with van der Waals surface area (Å²) < 4.78 is 0. The van der Waals surface area contributed by atoms with Crippen LogP contribution < -0.4 is 5.73 Å². The van der Waals surface area contributed by atoms with Crippen LogP contribution in [0.25, 0.3) is 10.9 Å². The molecule has 17 heavy (non-hydrogen) atoms. The Morgan fingerprint density at radius 3 is 2.53 bits per heavy atom. The van der Waals surface area contributed by atoms with Crippen molar-refractivity contribution in [3.05, 3.63) is 35.0 Å². The Balaban J connectivity index is 1.87. The second kappa shape index (κ2) is 2.88. The van der Waals surface area contributed by atoms with Gasteiger partial charge in [0.25, 0.3) is 0 Å². The maximum absolute atomic E-state index is 6.42. The van der Waals surface area contributed by atoms with E-state index < -0.39 is 0 Å². The van der Waals surface area contributed by atoms with Gasteiger partial charge >= 0.3 is 0 Å². The number of hydrogen-bond donors (Lipinski definition) is 2. The summed E-state index contributed by atoms with van der Waals surface area (Å²) in [5.41, 5.74) is 9.21. The van der Waals surface area contributed by atoms with E-state index in [1.54, 1.807) is 0 Å². The second-order valence-corrected chi connectivity index (χ2v) is 6.09. The van der Waals surface area contributed by atoms with Crippen LogP contribution in [0.5, 0.6) is 0 Å². The van der Waals surface area contributed by atoms with Crippen LogP contribution in [-0.4, -0.2) is 10.5 Å². The van der Waals surface area contributed by atoms with Crippen molar-refractivity contribution in [2.45, 2.75) is 36.6 Å². The van der Waals surface area contributed by atoms with E-state index in [-0.39, 0.29) is 11.0 Å². The Kier molecular flexibility index (Phi) is 1.69. The van der Waals surface area contributed by atoms with Crippen molar-refractivity contribution in [2.75, 3.05) is 0 Å². The smallest absolute Gasteiger partial charge is 0.0457 e. The summed E-state index contributed by atoms with van der Waals surface area (Å²) >= 11 is 6.02. The predicted molar refractivity (Wildman–Crippen MR) is 70.4 cm³/mol. The number of fused-ring (bicyclic) bond motifs is 1. The van der Waals surface area contributed by atoms with Gasteiger partial charge in [-0.1, -0.05) is 11.6 Å². The summed E-state index contributed by atoms with van der Waals surface area (Å²) in [6, 6.07) is 8.23. The van der Waals surface area contributed by atoms with Gasteiger partial charge in [0.1, 0.15) is 0 Å². The first-order valence-corrected chi connectivity index (χ1v) is 6.59. The van der Waals surface area contributed by atoms with E-state index in [0.717, 1.165) is 5.02 Å². The van der Waals surface area contributed by atoms with E-state index in [9.17, 15) is 0 Å². The molecular weight excluding hydrogens is 232 g/mol. The number of halogens is 1. The molecule has 88 valence electrons. The van der Waals surface area contributed by atoms with Gasteiger partial charge in [0.2, 0.25) is 0 Å². The molecule has 2 aromatic rings. The third kappa shape index (κ3) is 1.25. The fourth-order valence-electron chi connectivity index (χ4n) is 3.13. The highest BCUT2D eigenvalue weighted by Gasteiger charge is 2.64. The quantitative estimate of drug-likeness (QED) is 0.839. The first-order valence-electron chi connectivity index (χ1n) is 6.21. The Hall–Kier alpha value is -0.990. The van der Waals surface area contributed by atoms with Gasteiger partial charge in [-0.2, -0.15) is 0 Å². The third-order valence-corrected chi connectivity index (χ3v) is 4.83. The molecule has 0 radical (unpaired) electrons. The molecule has 1 aromatic heterocycles. The van der Waals surface area contributed by atoms with Gasteiger partial charge in [0.05, 0.1) is 0 Å². The Morgan fingerprint density at radius 1 is 1.12 bits per heavy atom. The van der Waals surface area contributed by atoms with E-state index in [0.29, 0.717) is 0 Å². The first kappa shape index (κ1) is 9.98. The van der Waals surface area contributed by atoms with Gasteiger partial charge in [0.15, 0.2) is 0 Å². The minimum atomic E-state index is 0.0671. The molecule has 0 atom stereocenters. The van der Waals surface area contributed by atoms with Crippen molar-refractivity contribution in [3.63, 3.8) is 0 Å². The molecule has 0 bridgehead atoms. The number of rotatable bonds is 2. The second-order valence-electron chi connectivity index (χ2n) is 5.65. The molecule has 0 spiro atoms. The van der Waals surface area contributed by atoms with Gasteiger partial charge in [-0.05, 0) is 49.9 Å². The van der Waals surface area contributed by atoms with Gasteiger partial charge in [-0.15, -0.1) is 0 Å². The van der Waals surface area contributed by atoms with Crippen LogP contribution >= 0.6 is 11.6 Å². The molecule has 1 heterocycles. The average molecular weight is 247 g/mol. The summed E-state index contributed by atoms with van der Waals surface area (Å²) in [4.78, 5) is 3.53. The standard InChI is InChI=1S/C14H15ClN2/c15-10-1-2-11-9(7-10)8-12(17-11)13(3-4-13)14(16)5-6-14/h1-2,7-8,17H,3-6,16H2. The lowest BCUT2D eigenvalue weighted by Crippen LogP contribution is -2.37. The van der Waals surface area contributed by atoms with Crippen LogP contribution in [0.4, 0.5) is 0 Å². The molecule has 2 aliphatic carbocycles. The van der Waals surface area contributed by atoms with Crippen LogP contribution in [0.2, 0.25) is 5.02 Å². The summed E-state index contributed by atoms with van der Waals surface area (Å²) in [5.74, 6) is 0. The molecule has 2 fully saturated rings. The molecule has 2 aliphatic rings. The van der Waals surface area contributed by atoms with E-state index in [2.05, 4.69) is 11.1 Å². The zero-order valence-electron chi connectivity index (χ0n) is 9.59. The monoisotopic (exact) mass is 246 g/mol. The molecule has 2 nitrogen and oxygen atoms in total. The maximum atomic E-state index is 6.42.